The predicted octanol–water partition coefficient (Wildman–Crippen LogP) is 4.31. The highest BCUT2D eigenvalue weighted by Gasteiger charge is 2.64. The van der Waals surface area contributed by atoms with Crippen LogP contribution in [-0.4, -0.2) is 183 Å². The summed E-state index contributed by atoms with van der Waals surface area (Å²) in [4.78, 5) is 128. The molecule has 9 atom stereocenters. The Balaban J connectivity index is 1.02. The number of aliphatic hydroxyl groups is 1. The zero-order valence-electron chi connectivity index (χ0n) is 52.4. The molecule has 3 fully saturated rings. The fourth-order valence-electron chi connectivity index (χ4n) is 10.8. The molecule has 3 aromatic rings. The number of thiocarbonyl (C=S) groups is 1. The molecule has 0 spiro atoms. The van der Waals surface area contributed by atoms with Gasteiger partial charge in [0, 0.05) is 64.0 Å². The highest BCUT2D eigenvalue weighted by atomic mass is 35.5. The summed E-state index contributed by atoms with van der Waals surface area (Å²) < 4.78 is 40.6. The van der Waals surface area contributed by atoms with Crippen LogP contribution in [0, 0.1) is 11.8 Å². The number of aromatic nitrogens is 1. The van der Waals surface area contributed by atoms with Crippen LogP contribution in [0.25, 0.3) is 10.9 Å². The van der Waals surface area contributed by atoms with Crippen molar-refractivity contribution in [2.24, 2.45) is 17.6 Å². The molecule has 10 N–H and O–H groups in total. The molecule has 4 aliphatic heterocycles. The van der Waals surface area contributed by atoms with E-state index in [-0.39, 0.29) is 111 Å². The van der Waals surface area contributed by atoms with Crippen LogP contribution >= 0.6 is 23.8 Å². The van der Waals surface area contributed by atoms with E-state index in [1.807, 2.05) is 13.0 Å². The van der Waals surface area contributed by atoms with Crippen LogP contribution < -0.4 is 52.6 Å². The monoisotopic (exact) mass is 1320 g/mol. The molecule has 1 aromatic heterocycles. The lowest BCUT2D eigenvalue weighted by Gasteiger charge is -2.42. The van der Waals surface area contributed by atoms with E-state index in [4.69, 9.17) is 67.5 Å². The molecule has 4 bridgehead atoms. The molecule has 7 rings (SSSR count). The first-order chi connectivity index (χ1) is 43.7. The summed E-state index contributed by atoms with van der Waals surface area (Å²) >= 11 is 12.4. The normalized spacial score (nSPS) is 23.9. The van der Waals surface area contributed by atoms with Gasteiger partial charge in [0.05, 0.1) is 75.1 Å². The first kappa shape index (κ1) is 71.2. The Morgan fingerprint density at radius 2 is 1.66 bits per heavy atom. The van der Waals surface area contributed by atoms with Gasteiger partial charge in [-0.3, -0.25) is 39.6 Å². The van der Waals surface area contributed by atoms with Gasteiger partial charge in [-0.1, -0.05) is 56.2 Å². The summed E-state index contributed by atoms with van der Waals surface area (Å²) in [7, 11) is 4.39. The van der Waals surface area contributed by atoms with E-state index >= 15 is 0 Å². The van der Waals surface area contributed by atoms with Crippen LogP contribution in [0.1, 0.15) is 85.1 Å². The quantitative estimate of drug-likeness (QED) is 0.0261. The van der Waals surface area contributed by atoms with Crippen LogP contribution in [-0.2, 0) is 68.4 Å². The number of methoxy groups -OCH3 is 2. The largest absolute Gasteiger partial charge is 0.495 e. The third-order valence-electron chi connectivity index (χ3n) is 15.9. The van der Waals surface area contributed by atoms with E-state index in [0.29, 0.717) is 28.3 Å². The fourth-order valence-corrected chi connectivity index (χ4v) is 11.3. The number of hydroxylamine groups is 2. The van der Waals surface area contributed by atoms with Gasteiger partial charge in [0.15, 0.2) is 10.8 Å². The summed E-state index contributed by atoms with van der Waals surface area (Å²) in [5, 5.41) is 32.5. The molecule has 500 valence electrons. The van der Waals surface area contributed by atoms with Crippen LogP contribution in [0.5, 0.6) is 5.75 Å². The van der Waals surface area contributed by atoms with Gasteiger partial charge in [0.25, 0.3) is 11.8 Å². The number of ether oxygens (including phenoxy) is 7. The molecular weight excluding hydrogens is 1240 g/mol. The second-order valence-corrected chi connectivity index (χ2v) is 23.8. The molecule has 0 aliphatic carbocycles. The van der Waals surface area contributed by atoms with Crippen molar-refractivity contribution in [3.05, 3.63) is 77.0 Å². The summed E-state index contributed by atoms with van der Waals surface area (Å²) in [6.45, 7) is 9.63. The van der Waals surface area contributed by atoms with Gasteiger partial charge in [0.1, 0.15) is 46.8 Å². The summed E-state index contributed by atoms with van der Waals surface area (Å²) in [5.74, 6) is -4.36. The lowest BCUT2D eigenvalue weighted by Crippen LogP contribution is -2.63. The number of hydrogen-bond donors (Lipinski definition) is 9. The number of nitrogens with zero attached hydrogens (tertiary/aromatic N) is 3. The molecule has 0 saturated carbocycles. The van der Waals surface area contributed by atoms with E-state index in [9.17, 15) is 48.3 Å². The Hall–Kier alpha value is -8.26. The minimum Gasteiger partial charge on any atom is -0.495 e. The summed E-state index contributed by atoms with van der Waals surface area (Å²) in [6.07, 6.45) is 0.532. The van der Waals surface area contributed by atoms with Gasteiger partial charge in [0.2, 0.25) is 17.7 Å². The van der Waals surface area contributed by atoms with Gasteiger partial charge in [-0.2, -0.15) is 0 Å². The van der Waals surface area contributed by atoms with Crippen molar-refractivity contribution >= 4 is 111 Å². The number of fused-ring (bicyclic) bond motifs is 6. The van der Waals surface area contributed by atoms with Gasteiger partial charge < -0.3 is 80.3 Å². The van der Waals surface area contributed by atoms with Crippen molar-refractivity contribution in [1.82, 2.24) is 36.6 Å². The first-order valence-electron chi connectivity index (χ1n) is 29.9. The van der Waals surface area contributed by atoms with Crippen molar-refractivity contribution in [1.29, 1.82) is 0 Å². The predicted molar refractivity (Wildman–Crippen MR) is 338 cm³/mol. The molecule has 31 heteroatoms. The molecule has 3 saturated heterocycles. The molecule has 5 heterocycles. The number of urea groups is 1. The average molecular weight is 1320 g/mol. The third-order valence-corrected chi connectivity index (χ3v) is 16.5. The van der Waals surface area contributed by atoms with E-state index < -0.39 is 114 Å². The number of primary amides is 1. The van der Waals surface area contributed by atoms with E-state index in [1.165, 1.54) is 44.5 Å². The van der Waals surface area contributed by atoms with Gasteiger partial charge in [-0.05, 0) is 93.2 Å². The number of alkyl carbamates (subject to hydrolysis) is 1. The number of allylic oxidation sites excluding steroid dienone is 3. The van der Waals surface area contributed by atoms with Crippen molar-refractivity contribution in [3.63, 3.8) is 0 Å². The molecule has 29 nitrogen and oxygen atoms in total. The molecule has 0 radical (unpaired) electrons. The second kappa shape index (κ2) is 32.3. The number of carbonyl (C=O) groups is 9. The van der Waals surface area contributed by atoms with E-state index in [1.54, 1.807) is 64.1 Å². The third kappa shape index (κ3) is 18.7. The number of anilines is 3. The first-order valence-corrected chi connectivity index (χ1v) is 30.7. The van der Waals surface area contributed by atoms with E-state index in [0.717, 1.165) is 11.1 Å². The number of carbonyl (C=O) groups excluding carboxylic acids is 9. The maximum absolute atomic E-state index is 14.6. The van der Waals surface area contributed by atoms with Crippen LogP contribution in [0.15, 0.2) is 66.4 Å². The zero-order valence-corrected chi connectivity index (χ0v) is 54.0. The van der Waals surface area contributed by atoms with Crippen LogP contribution in [0.4, 0.5) is 31.4 Å². The lowest BCUT2D eigenvalue weighted by molar-refractivity contribution is -0.198. The minimum atomic E-state index is -1.92. The highest BCUT2D eigenvalue weighted by Crippen LogP contribution is 2.49. The van der Waals surface area contributed by atoms with Crippen molar-refractivity contribution < 1.29 is 86.3 Å². The maximum Gasteiger partial charge on any atom is 0.412 e. The Labute approximate surface area is 541 Å². The second-order valence-electron chi connectivity index (χ2n) is 23.0. The molecule has 2 aromatic carbocycles. The number of rotatable bonds is 24. The summed E-state index contributed by atoms with van der Waals surface area (Å²) in [6, 6.07) is 6.88. The number of pyridine rings is 1. The smallest absolute Gasteiger partial charge is 0.412 e. The standard InChI is InChI=1S/C61H80ClN11O18S/c1-33(2)51(70-57(92)66-23-25-87-27-26-86-24-20-49(77)91-73-46(74)18-19-47(73)75)55(79)68-40(14-11-22-65-56(63)80)54(78)67-38-16-17-39(52-37(38)13-10-21-64-52)69-58(81)89-45-31-48(76)72(6)41-29-36(30-42(84-7)50(41)62)28-34(3)12-9-15-44(85-8)61(83)32-43(88-59(82)71-61)35(4)53-60(45,5)90-53/h9-10,12-13,15-17,21,29-30,33,35,40,43-45,51,53,83H,11,14,18-20,22-28,31-32H2,1-8H3,(H,67,78)(H,68,79)(H,69,81)(H,71,82)(H3,63,65,80)(H2,66,70,92)/b15-9+,34-12+/t35-,40+,43+,44-,45+,51+,53+,60+,61+/m1/s1. The van der Waals surface area contributed by atoms with Gasteiger partial charge in [-0.25, -0.2) is 19.2 Å². The Morgan fingerprint density at radius 3 is 2.36 bits per heavy atom. The molecule has 92 heavy (non-hydrogen) atoms. The highest BCUT2D eigenvalue weighted by molar-refractivity contribution is 7.80. The van der Waals surface area contributed by atoms with Crippen LogP contribution in [0.2, 0.25) is 5.02 Å². The number of hydrogen-bond acceptors (Lipinski definition) is 20. The number of epoxide rings is 1. The van der Waals surface area contributed by atoms with Gasteiger partial charge in [-0.15, -0.1) is 5.06 Å². The Morgan fingerprint density at radius 1 is 0.946 bits per heavy atom. The molecule has 4 aliphatic rings. The molecule has 9 amide bonds. The Kier molecular flexibility index (Phi) is 25.0. The number of amides is 9. The SMILES string of the molecule is COc1cc2cc(c1Cl)N(C)C(=O)C[C@H](OC(=O)Nc1ccc(NC(=O)[C@H](CCCNC(N)=O)NC(=O)[C@@H](NC(=S)NCCOCCOCCC(=O)ON3C(=O)CCC3=O)C(C)C)c3cccnc13)[C@]1(C)O[C@H]1[C@H](C)[C@@H]1C[C@@](O)(NC(=O)O1)[C@H](OC)/C=C/C=C(\C)C2. The number of nitrogens with two attached hydrogens (primary N) is 1. The van der Waals surface area contributed by atoms with Crippen molar-refractivity contribution in [3.8, 4) is 5.75 Å². The topological polar surface area (TPSA) is 381 Å². The number of halogens is 1. The maximum atomic E-state index is 14.6. The van der Waals surface area contributed by atoms with Crippen LogP contribution in [0.3, 0.4) is 0 Å². The van der Waals surface area contributed by atoms with Gasteiger partial charge >= 0.3 is 24.2 Å². The Bertz CT molecular complexity index is 3300. The zero-order chi connectivity index (χ0) is 67.0. The summed E-state index contributed by atoms with van der Waals surface area (Å²) in [5.41, 5.74) is 4.54. The van der Waals surface area contributed by atoms with E-state index in [2.05, 4.69) is 42.2 Å². The molecular formula is C61H80ClN11O18S. The fraction of sp³-hybridized carbons (Fsp3) is 0.525. The van der Waals surface area contributed by atoms with Crippen molar-refractivity contribution in [2.45, 2.75) is 134 Å². The lowest BCUT2D eigenvalue weighted by atomic mass is 9.83. The number of nitrogens with one attached hydrogen (secondary N) is 7. The van der Waals surface area contributed by atoms with Crippen molar-refractivity contribution in [2.75, 3.05) is 76.3 Å². The number of imide groups is 1. The number of benzene rings is 2. The minimum absolute atomic E-state index is 0.0120. The average Bonchev–Trinajstić information content (AvgIpc) is 1.57. The molecule has 0 unspecified atom stereocenters.